The number of hydrogen-bond acceptors (Lipinski definition) is 4. The van der Waals surface area contributed by atoms with E-state index in [1.165, 1.54) is 4.88 Å². The summed E-state index contributed by atoms with van der Waals surface area (Å²) < 4.78 is 5.53. The summed E-state index contributed by atoms with van der Waals surface area (Å²) in [5, 5.41) is 15.0. The molecule has 0 aliphatic heterocycles. The highest BCUT2D eigenvalue weighted by Crippen LogP contribution is 2.12. The third-order valence-electron chi connectivity index (χ3n) is 3.16. The number of guanidine groups is 1. The zero-order chi connectivity index (χ0) is 16.5. The lowest BCUT2D eigenvalue weighted by molar-refractivity contribution is 0.114. The Morgan fingerprint density at radius 2 is 2.21 bits per heavy atom. The fraction of sp³-hybridized carbons (Fsp3) is 0.353. The normalized spacial score (nSPS) is 12.3. The summed E-state index contributed by atoms with van der Waals surface area (Å²) >= 11 is 1.72. The lowest BCUT2D eigenvalue weighted by Gasteiger charge is -2.11. The molecule has 0 saturated heterocycles. The standard InChI is InChI=1S/C17H23N3O2S.HI/c1-13-4-2-5-15(10-13)22-12-14(21)11-20-17(18)19-8-7-16-6-3-9-23-16;/h2-6,9-10,14,21H,7-8,11-12H2,1H3,(H3,18,19,20);1H. The Kier molecular flexibility index (Phi) is 9.73. The first kappa shape index (κ1) is 20.7. The van der Waals surface area contributed by atoms with Crippen LogP contribution in [0.1, 0.15) is 10.4 Å². The summed E-state index contributed by atoms with van der Waals surface area (Å²) in [4.78, 5) is 5.43. The predicted octanol–water partition coefficient (Wildman–Crippen LogP) is 2.56. The van der Waals surface area contributed by atoms with Gasteiger partial charge in [0.15, 0.2) is 5.96 Å². The second-order valence-corrected chi connectivity index (χ2v) is 6.30. The van der Waals surface area contributed by atoms with E-state index in [0.29, 0.717) is 5.96 Å². The maximum Gasteiger partial charge on any atom is 0.188 e. The fourth-order valence-corrected chi connectivity index (χ4v) is 2.69. The molecule has 1 heterocycles. The summed E-state index contributed by atoms with van der Waals surface area (Å²) in [6.45, 7) is 3.13. The van der Waals surface area contributed by atoms with E-state index in [9.17, 15) is 5.11 Å². The number of nitrogens with zero attached hydrogens (tertiary/aromatic N) is 1. The smallest absolute Gasteiger partial charge is 0.188 e. The number of nitrogens with one attached hydrogen (secondary N) is 1. The van der Waals surface area contributed by atoms with Crippen molar-refractivity contribution in [3.05, 3.63) is 52.2 Å². The largest absolute Gasteiger partial charge is 0.491 e. The van der Waals surface area contributed by atoms with E-state index in [4.69, 9.17) is 10.5 Å². The van der Waals surface area contributed by atoms with Gasteiger partial charge in [0.1, 0.15) is 18.5 Å². The van der Waals surface area contributed by atoms with Crippen molar-refractivity contribution in [2.45, 2.75) is 19.4 Å². The van der Waals surface area contributed by atoms with Crippen molar-refractivity contribution >= 4 is 41.3 Å². The lowest BCUT2D eigenvalue weighted by Crippen LogP contribution is -2.34. The number of aryl methyl sites for hydroxylation is 1. The van der Waals surface area contributed by atoms with Gasteiger partial charge in [-0.05, 0) is 42.5 Å². The first-order chi connectivity index (χ1) is 11.1. The lowest BCUT2D eigenvalue weighted by atomic mass is 10.2. The highest BCUT2D eigenvalue weighted by atomic mass is 127. The van der Waals surface area contributed by atoms with Gasteiger partial charge >= 0.3 is 0 Å². The summed E-state index contributed by atoms with van der Waals surface area (Å²) in [6.07, 6.45) is 0.223. The summed E-state index contributed by atoms with van der Waals surface area (Å²) in [7, 11) is 0. The van der Waals surface area contributed by atoms with Gasteiger partial charge in [0.05, 0.1) is 6.54 Å². The van der Waals surface area contributed by atoms with Crippen LogP contribution in [0.2, 0.25) is 0 Å². The molecule has 0 amide bonds. The van der Waals surface area contributed by atoms with Crippen molar-refractivity contribution in [3.63, 3.8) is 0 Å². The number of hydrogen-bond donors (Lipinski definition) is 3. The molecule has 7 heteroatoms. The minimum atomic E-state index is -0.687. The molecule has 0 fully saturated rings. The van der Waals surface area contributed by atoms with Gasteiger partial charge in [-0.2, -0.15) is 0 Å². The van der Waals surface area contributed by atoms with Crippen LogP contribution >= 0.6 is 35.3 Å². The van der Waals surface area contributed by atoms with E-state index in [-0.39, 0.29) is 37.1 Å². The zero-order valence-corrected chi connectivity index (χ0v) is 16.8. The molecule has 1 aromatic heterocycles. The summed E-state index contributed by atoms with van der Waals surface area (Å²) in [5.41, 5.74) is 6.90. The third-order valence-corrected chi connectivity index (χ3v) is 4.10. The van der Waals surface area contributed by atoms with Crippen LogP contribution < -0.4 is 15.8 Å². The van der Waals surface area contributed by atoms with E-state index < -0.39 is 6.10 Å². The molecule has 4 N–H and O–H groups in total. The van der Waals surface area contributed by atoms with Crippen LogP contribution in [0.3, 0.4) is 0 Å². The Balaban J connectivity index is 0.00000288. The van der Waals surface area contributed by atoms with Gasteiger partial charge in [0, 0.05) is 11.4 Å². The van der Waals surface area contributed by atoms with Gasteiger partial charge in [-0.15, -0.1) is 35.3 Å². The topological polar surface area (TPSA) is 79.9 Å². The van der Waals surface area contributed by atoms with Crippen molar-refractivity contribution in [2.75, 3.05) is 19.7 Å². The minimum Gasteiger partial charge on any atom is -0.491 e. The molecule has 0 radical (unpaired) electrons. The molecule has 2 rings (SSSR count). The van der Waals surface area contributed by atoms with Crippen molar-refractivity contribution in [1.82, 2.24) is 5.32 Å². The molecule has 0 aliphatic rings. The highest BCUT2D eigenvalue weighted by Gasteiger charge is 2.05. The average molecular weight is 461 g/mol. The van der Waals surface area contributed by atoms with Crippen LogP contribution in [0.4, 0.5) is 0 Å². The van der Waals surface area contributed by atoms with Gasteiger partial charge in [0.25, 0.3) is 0 Å². The van der Waals surface area contributed by atoms with E-state index >= 15 is 0 Å². The molecular formula is C17H24IN3O2S. The molecule has 1 atom stereocenters. The van der Waals surface area contributed by atoms with Crippen LogP contribution in [-0.4, -0.2) is 36.9 Å². The Morgan fingerprint density at radius 1 is 1.38 bits per heavy atom. The number of nitrogens with two attached hydrogens (primary N) is 1. The molecule has 0 spiro atoms. The average Bonchev–Trinajstić information content (AvgIpc) is 3.04. The van der Waals surface area contributed by atoms with Gasteiger partial charge in [0.2, 0.25) is 0 Å². The van der Waals surface area contributed by atoms with Crippen molar-refractivity contribution in [3.8, 4) is 5.75 Å². The maximum atomic E-state index is 9.89. The zero-order valence-electron chi connectivity index (χ0n) is 13.6. The van der Waals surface area contributed by atoms with E-state index in [2.05, 4.69) is 21.8 Å². The Morgan fingerprint density at radius 3 is 2.92 bits per heavy atom. The van der Waals surface area contributed by atoms with Crippen LogP contribution in [0.25, 0.3) is 0 Å². The van der Waals surface area contributed by atoms with Crippen LogP contribution in [0.15, 0.2) is 46.8 Å². The van der Waals surface area contributed by atoms with E-state index in [1.54, 1.807) is 11.3 Å². The number of thiophene rings is 1. The number of aliphatic hydroxyl groups excluding tert-OH is 1. The minimum absolute atomic E-state index is 0. The SMILES string of the molecule is Cc1cccc(OCC(O)CN=C(N)NCCc2cccs2)c1.I. The van der Waals surface area contributed by atoms with Crippen LogP contribution in [0.5, 0.6) is 5.75 Å². The van der Waals surface area contributed by atoms with Gasteiger partial charge in [-0.3, -0.25) is 4.99 Å². The second kappa shape index (κ2) is 11.3. The molecule has 0 saturated carbocycles. The number of aliphatic imine (C=N–C) groups is 1. The third kappa shape index (κ3) is 7.98. The number of benzene rings is 1. The van der Waals surface area contributed by atoms with Gasteiger partial charge in [-0.1, -0.05) is 18.2 Å². The first-order valence-electron chi connectivity index (χ1n) is 7.57. The Bertz CT molecular complexity index is 620. The van der Waals surface area contributed by atoms with Crippen molar-refractivity contribution < 1.29 is 9.84 Å². The van der Waals surface area contributed by atoms with Crippen LogP contribution in [-0.2, 0) is 6.42 Å². The molecule has 0 aliphatic carbocycles. The molecule has 5 nitrogen and oxygen atoms in total. The van der Waals surface area contributed by atoms with E-state index in [0.717, 1.165) is 24.3 Å². The monoisotopic (exact) mass is 461 g/mol. The van der Waals surface area contributed by atoms with Gasteiger partial charge < -0.3 is 20.9 Å². The van der Waals surface area contributed by atoms with Crippen molar-refractivity contribution in [2.24, 2.45) is 10.7 Å². The van der Waals surface area contributed by atoms with Crippen molar-refractivity contribution in [1.29, 1.82) is 0 Å². The fourth-order valence-electron chi connectivity index (χ4n) is 1.98. The number of halogens is 1. The summed E-state index contributed by atoms with van der Waals surface area (Å²) in [6, 6.07) is 11.8. The number of aliphatic hydroxyl groups is 1. The number of ether oxygens (including phenoxy) is 1. The molecular weight excluding hydrogens is 437 g/mol. The number of rotatable bonds is 8. The molecule has 1 unspecified atom stereocenters. The Labute approximate surface area is 164 Å². The van der Waals surface area contributed by atoms with E-state index in [1.807, 2.05) is 37.3 Å². The second-order valence-electron chi connectivity index (χ2n) is 5.26. The summed E-state index contributed by atoms with van der Waals surface area (Å²) in [5.74, 6) is 1.09. The highest BCUT2D eigenvalue weighted by molar-refractivity contribution is 14.0. The van der Waals surface area contributed by atoms with Crippen LogP contribution in [0, 0.1) is 6.92 Å². The molecule has 132 valence electrons. The first-order valence-corrected chi connectivity index (χ1v) is 8.45. The molecule has 2 aromatic rings. The predicted molar refractivity (Wildman–Crippen MR) is 111 cm³/mol. The quantitative estimate of drug-likeness (QED) is 0.321. The molecule has 1 aromatic carbocycles. The van der Waals surface area contributed by atoms with Gasteiger partial charge in [-0.25, -0.2) is 0 Å². The Hall–Kier alpha value is -1.32. The maximum absolute atomic E-state index is 9.89. The molecule has 24 heavy (non-hydrogen) atoms. The molecule has 0 bridgehead atoms.